The third-order valence-electron chi connectivity index (χ3n) is 4.01. The molecule has 0 aliphatic carbocycles. The summed E-state index contributed by atoms with van der Waals surface area (Å²) in [6.45, 7) is 3.36. The summed E-state index contributed by atoms with van der Waals surface area (Å²) < 4.78 is 26.1. The van der Waals surface area contributed by atoms with Crippen LogP contribution < -0.4 is 5.73 Å². The van der Waals surface area contributed by atoms with Crippen LogP contribution in [-0.4, -0.2) is 12.6 Å². The van der Waals surface area contributed by atoms with Crippen LogP contribution in [0.5, 0.6) is 0 Å². The van der Waals surface area contributed by atoms with Crippen LogP contribution in [0.2, 0.25) is 0 Å². The Labute approximate surface area is 147 Å². The maximum Gasteiger partial charge on any atom is 0.338 e. The first-order valence-corrected chi connectivity index (χ1v) is 8.48. The lowest BCUT2D eigenvalue weighted by molar-refractivity contribution is -0.139. The number of fused-ring (bicyclic) bond motifs is 1. The number of halogens is 1. The van der Waals surface area contributed by atoms with E-state index in [0.717, 1.165) is 4.70 Å². The van der Waals surface area contributed by atoms with Crippen LogP contribution in [0.3, 0.4) is 0 Å². The van der Waals surface area contributed by atoms with Crippen LogP contribution >= 0.6 is 11.3 Å². The molecule has 0 amide bonds. The molecule has 5 nitrogen and oxygen atoms in total. The van der Waals surface area contributed by atoms with E-state index in [1.165, 1.54) is 17.4 Å². The van der Waals surface area contributed by atoms with Gasteiger partial charge in [0.15, 0.2) is 0 Å². The molecule has 2 N–H and O–H groups in total. The molecule has 1 aliphatic rings. The van der Waals surface area contributed by atoms with Gasteiger partial charge in [0, 0.05) is 10.3 Å². The first kappa shape index (κ1) is 17.0. The van der Waals surface area contributed by atoms with Crippen molar-refractivity contribution >= 4 is 27.4 Å². The van der Waals surface area contributed by atoms with E-state index in [2.05, 4.69) is 0 Å². The van der Waals surface area contributed by atoms with Crippen molar-refractivity contribution in [1.29, 1.82) is 5.26 Å². The molecule has 0 radical (unpaired) electrons. The SMILES string of the molecule is CCOC(=O)C1=C(C)OC(N)=C(C#N)C1c1c(F)ccc2sccc12. The summed E-state index contributed by atoms with van der Waals surface area (Å²) in [5.41, 5.74) is 6.15. The molecule has 0 saturated heterocycles. The highest BCUT2D eigenvalue weighted by Crippen LogP contribution is 2.43. The van der Waals surface area contributed by atoms with Gasteiger partial charge in [-0.2, -0.15) is 5.26 Å². The van der Waals surface area contributed by atoms with Gasteiger partial charge in [-0.05, 0) is 42.8 Å². The average molecular weight is 358 g/mol. The highest BCUT2D eigenvalue weighted by Gasteiger charge is 2.38. The number of hydrogen-bond acceptors (Lipinski definition) is 6. The molecule has 1 aromatic heterocycles. The largest absolute Gasteiger partial charge is 0.463 e. The molecule has 7 heteroatoms. The van der Waals surface area contributed by atoms with E-state index in [1.54, 1.807) is 26.0 Å². The fraction of sp³-hybridized carbons (Fsp3) is 0.222. The standard InChI is InChI=1S/C18H15FN2O3S/c1-3-23-18(22)14-9(2)24-17(21)11(8-20)16(14)15-10-6-7-25-13(10)5-4-12(15)19/h4-7,16H,3,21H2,1-2H3. The van der Waals surface area contributed by atoms with Gasteiger partial charge in [0.25, 0.3) is 0 Å². The molecule has 128 valence electrons. The van der Waals surface area contributed by atoms with Gasteiger partial charge in [-0.15, -0.1) is 11.3 Å². The van der Waals surface area contributed by atoms with Gasteiger partial charge in [0.1, 0.15) is 23.2 Å². The number of hydrogen-bond donors (Lipinski definition) is 1. The number of ether oxygens (including phenoxy) is 2. The Hall–Kier alpha value is -2.85. The van der Waals surface area contributed by atoms with E-state index in [-0.39, 0.29) is 35.0 Å². The average Bonchev–Trinajstić information content (AvgIpc) is 3.03. The Bertz CT molecular complexity index is 968. The summed E-state index contributed by atoms with van der Waals surface area (Å²) >= 11 is 1.44. The number of nitriles is 1. The number of rotatable bonds is 3. The lowest BCUT2D eigenvalue weighted by Crippen LogP contribution is -2.26. The van der Waals surface area contributed by atoms with E-state index in [1.807, 2.05) is 11.4 Å². The van der Waals surface area contributed by atoms with Crippen molar-refractivity contribution < 1.29 is 18.7 Å². The smallest absolute Gasteiger partial charge is 0.338 e. The number of thiophene rings is 1. The lowest BCUT2D eigenvalue weighted by Gasteiger charge is -2.27. The number of nitrogens with two attached hydrogens (primary N) is 1. The zero-order valence-electron chi connectivity index (χ0n) is 13.6. The van der Waals surface area contributed by atoms with E-state index >= 15 is 0 Å². The van der Waals surface area contributed by atoms with Crippen molar-refractivity contribution in [3.63, 3.8) is 0 Å². The van der Waals surface area contributed by atoms with Crippen LogP contribution in [0.15, 0.2) is 46.4 Å². The molecule has 25 heavy (non-hydrogen) atoms. The Morgan fingerprint density at radius 1 is 1.48 bits per heavy atom. The van der Waals surface area contributed by atoms with Crippen molar-refractivity contribution in [2.45, 2.75) is 19.8 Å². The molecule has 2 aromatic rings. The Morgan fingerprint density at radius 2 is 2.24 bits per heavy atom. The van der Waals surface area contributed by atoms with Gasteiger partial charge in [-0.25, -0.2) is 9.18 Å². The van der Waals surface area contributed by atoms with Crippen LogP contribution in [0, 0.1) is 17.1 Å². The maximum atomic E-state index is 14.8. The fourth-order valence-corrected chi connectivity index (χ4v) is 3.78. The molecule has 1 unspecified atom stereocenters. The summed E-state index contributed by atoms with van der Waals surface area (Å²) in [7, 11) is 0. The molecule has 2 heterocycles. The minimum atomic E-state index is -0.976. The predicted molar refractivity (Wildman–Crippen MR) is 91.8 cm³/mol. The minimum Gasteiger partial charge on any atom is -0.463 e. The van der Waals surface area contributed by atoms with Crippen molar-refractivity contribution in [2.24, 2.45) is 5.73 Å². The molecule has 1 aliphatic heterocycles. The Morgan fingerprint density at radius 3 is 2.92 bits per heavy atom. The normalized spacial score (nSPS) is 17.4. The summed E-state index contributed by atoms with van der Waals surface area (Å²) in [5.74, 6) is -2.09. The number of carbonyl (C=O) groups excluding carboxylic acids is 1. The van der Waals surface area contributed by atoms with Gasteiger partial charge in [0.05, 0.1) is 18.1 Å². The van der Waals surface area contributed by atoms with Gasteiger partial charge in [-0.3, -0.25) is 0 Å². The quantitative estimate of drug-likeness (QED) is 0.846. The van der Waals surface area contributed by atoms with Crippen molar-refractivity contribution in [1.82, 2.24) is 0 Å². The van der Waals surface area contributed by atoms with E-state index in [4.69, 9.17) is 15.2 Å². The zero-order chi connectivity index (χ0) is 18.1. The van der Waals surface area contributed by atoms with Crippen molar-refractivity contribution in [3.8, 4) is 6.07 Å². The Kier molecular flexibility index (Phi) is 4.47. The summed E-state index contributed by atoms with van der Waals surface area (Å²) in [6, 6.07) is 6.71. The van der Waals surface area contributed by atoms with Crippen molar-refractivity contribution in [3.05, 3.63) is 57.7 Å². The molecule has 0 bridgehead atoms. The molecule has 0 spiro atoms. The molecule has 1 aromatic carbocycles. The van der Waals surface area contributed by atoms with Crippen LogP contribution in [-0.2, 0) is 14.3 Å². The fourth-order valence-electron chi connectivity index (χ4n) is 2.98. The molecule has 3 rings (SSSR count). The molecular weight excluding hydrogens is 343 g/mol. The number of carbonyl (C=O) groups is 1. The highest BCUT2D eigenvalue weighted by molar-refractivity contribution is 7.17. The summed E-state index contributed by atoms with van der Waals surface area (Å²) in [4.78, 5) is 12.5. The molecule has 0 saturated carbocycles. The number of benzene rings is 1. The van der Waals surface area contributed by atoms with Gasteiger partial charge >= 0.3 is 5.97 Å². The molecule has 0 fully saturated rings. The molecular formula is C18H15FN2O3S. The van der Waals surface area contributed by atoms with Crippen molar-refractivity contribution in [2.75, 3.05) is 6.61 Å². The third-order valence-corrected chi connectivity index (χ3v) is 4.90. The Balaban J connectivity index is 2.32. The van der Waals surface area contributed by atoms with Gasteiger partial charge in [0.2, 0.25) is 5.88 Å². The van der Waals surface area contributed by atoms with Gasteiger partial charge < -0.3 is 15.2 Å². The van der Waals surface area contributed by atoms with E-state index < -0.39 is 17.7 Å². The topological polar surface area (TPSA) is 85.3 Å². The number of allylic oxidation sites excluding steroid dienone is 2. The maximum absolute atomic E-state index is 14.8. The lowest BCUT2D eigenvalue weighted by atomic mass is 9.81. The van der Waals surface area contributed by atoms with Crippen LogP contribution in [0.4, 0.5) is 4.39 Å². The zero-order valence-corrected chi connectivity index (χ0v) is 14.4. The van der Waals surface area contributed by atoms with Gasteiger partial charge in [-0.1, -0.05) is 0 Å². The number of esters is 1. The molecule has 1 atom stereocenters. The second-order valence-electron chi connectivity index (χ2n) is 5.41. The third kappa shape index (κ3) is 2.75. The predicted octanol–water partition coefficient (Wildman–Crippen LogP) is 3.69. The van der Waals surface area contributed by atoms with Crippen LogP contribution in [0.25, 0.3) is 10.1 Å². The highest BCUT2D eigenvalue weighted by atomic mass is 32.1. The second kappa shape index (κ2) is 6.57. The number of nitrogens with zero attached hydrogens (tertiary/aromatic N) is 1. The monoisotopic (exact) mass is 358 g/mol. The minimum absolute atomic E-state index is 0.00810. The second-order valence-corrected chi connectivity index (χ2v) is 6.36. The summed E-state index contributed by atoms with van der Waals surface area (Å²) in [5, 5.41) is 12.0. The first-order valence-electron chi connectivity index (χ1n) is 7.60. The first-order chi connectivity index (χ1) is 12.0. The summed E-state index contributed by atoms with van der Waals surface area (Å²) in [6.07, 6.45) is 0. The van der Waals surface area contributed by atoms with E-state index in [9.17, 15) is 14.4 Å². The van der Waals surface area contributed by atoms with Crippen LogP contribution in [0.1, 0.15) is 25.3 Å². The van der Waals surface area contributed by atoms with E-state index in [0.29, 0.717) is 5.39 Å².